The highest BCUT2D eigenvalue weighted by atomic mass is 31.2. The topological polar surface area (TPSA) is 54.5 Å². The van der Waals surface area contributed by atoms with E-state index in [4.69, 9.17) is 13.9 Å². The first-order valence-corrected chi connectivity index (χ1v) is 10.6. The van der Waals surface area contributed by atoms with Gasteiger partial charge in [0.05, 0.1) is 0 Å². The van der Waals surface area contributed by atoms with E-state index in [2.05, 4.69) is 0 Å². The lowest BCUT2D eigenvalue weighted by molar-refractivity contribution is -0.195. The van der Waals surface area contributed by atoms with Crippen molar-refractivity contribution >= 4 is 7.82 Å². The van der Waals surface area contributed by atoms with Crippen LogP contribution in [0.2, 0.25) is 0 Å². The van der Waals surface area contributed by atoms with Crippen molar-refractivity contribution in [2.75, 3.05) is 39.3 Å². The fourth-order valence-corrected chi connectivity index (χ4v) is 4.74. The van der Waals surface area contributed by atoms with Crippen molar-refractivity contribution in [3.05, 3.63) is 0 Å². The minimum Gasteiger partial charge on any atom is -0.223 e. The van der Waals surface area contributed by atoms with Gasteiger partial charge in [-0.3, -0.25) is 0 Å². The summed E-state index contributed by atoms with van der Waals surface area (Å²) >= 11 is 0. The highest BCUT2D eigenvalue weighted by molar-refractivity contribution is 7.48. The molecule has 3 rings (SSSR count). The van der Waals surface area contributed by atoms with Gasteiger partial charge in [-0.2, -0.15) is 29.1 Å². The Morgan fingerprint density at radius 3 is 1.00 bits per heavy atom. The third kappa shape index (κ3) is 5.78. The molecule has 0 amide bonds. The van der Waals surface area contributed by atoms with Gasteiger partial charge in [-0.05, 0) is 38.5 Å². The van der Waals surface area contributed by atoms with Crippen molar-refractivity contribution in [2.45, 2.75) is 57.8 Å². The van der Waals surface area contributed by atoms with Crippen LogP contribution in [0.25, 0.3) is 0 Å². The third-order valence-electron chi connectivity index (χ3n) is 4.59. The molecule has 0 aliphatic carbocycles. The molecule has 0 radical (unpaired) electrons. The van der Waals surface area contributed by atoms with Crippen LogP contribution in [0, 0.1) is 0 Å². The smallest absolute Gasteiger partial charge is 0.223 e. The summed E-state index contributed by atoms with van der Waals surface area (Å²) in [6.45, 7) is 4.73. The summed E-state index contributed by atoms with van der Waals surface area (Å²) in [6.07, 6.45) is 9.97. The van der Waals surface area contributed by atoms with E-state index >= 15 is 0 Å². The fraction of sp³-hybridized carbons (Fsp3) is 1.00. The van der Waals surface area contributed by atoms with Crippen LogP contribution in [-0.2, 0) is 18.4 Å². The second-order valence-corrected chi connectivity index (χ2v) is 8.05. The molecule has 0 saturated carbocycles. The molecule has 7 nitrogen and oxygen atoms in total. The summed E-state index contributed by atoms with van der Waals surface area (Å²) in [5.41, 5.74) is 0. The highest BCUT2D eigenvalue weighted by Crippen LogP contribution is 2.52. The van der Waals surface area contributed by atoms with Crippen molar-refractivity contribution in [1.82, 2.24) is 15.2 Å². The van der Waals surface area contributed by atoms with Crippen molar-refractivity contribution in [3.8, 4) is 0 Å². The van der Waals surface area contributed by atoms with E-state index in [1.54, 1.807) is 15.2 Å². The van der Waals surface area contributed by atoms with Gasteiger partial charge in [0.15, 0.2) is 0 Å². The predicted molar refractivity (Wildman–Crippen MR) is 87.1 cm³/mol. The van der Waals surface area contributed by atoms with Gasteiger partial charge in [0, 0.05) is 39.3 Å². The molecule has 0 atom stereocenters. The van der Waals surface area contributed by atoms with Gasteiger partial charge in [-0.1, -0.05) is 19.3 Å². The minimum atomic E-state index is -3.65. The van der Waals surface area contributed by atoms with Crippen LogP contribution in [-0.4, -0.2) is 54.5 Å². The van der Waals surface area contributed by atoms with Gasteiger partial charge < -0.3 is 0 Å². The normalized spacial score (nSPS) is 26.4. The Morgan fingerprint density at radius 2 is 0.739 bits per heavy atom. The number of hydroxylamine groups is 6. The van der Waals surface area contributed by atoms with Gasteiger partial charge in [0.1, 0.15) is 0 Å². The maximum atomic E-state index is 13.2. The van der Waals surface area contributed by atoms with E-state index in [1.807, 2.05) is 0 Å². The van der Waals surface area contributed by atoms with E-state index in [1.165, 1.54) is 19.3 Å². The van der Waals surface area contributed by atoms with Crippen molar-refractivity contribution in [2.24, 2.45) is 0 Å². The lowest BCUT2D eigenvalue weighted by atomic mass is 10.2. The molecular weight excluding hydrogens is 317 g/mol. The largest absolute Gasteiger partial charge is 0.525 e. The van der Waals surface area contributed by atoms with E-state index in [0.717, 1.165) is 77.8 Å². The Kier molecular flexibility index (Phi) is 6.89. The standard InChI is InChI=1S/C15H30N3O4P/c19-23(20-16-10-4-1-5-11-16,21-17-12-6-2-7-13-17)22-18-14-8-3-9-15-18/h1-15H2. The zero-order valence-electron chi connectivity index (χ0n) is 14.0. The molecule has 0 N–H and O–H groups in total. The van der Waals surface area contributed by atoms with Crippen molar-refractivity contribution in [3.63, 3.8) is 0 Å². The summed E-state index contributed by atoms with van der Waals surface area (Å²) in [4.78, 5) is 0. The molecule has 3 heterocycles. The van der Waals surface area contributed by atoms with Gasteiger partial charge >= 0.3 is 7.82 Å². The molecule has 0 aromatic rings. The molecule has 0 aromatic carbocycles. The van der Waals surface area contributed by atoms with Crippen LogP contribution in [0.1, 0.15) is 57.8 Å². The monoisotopic (exact) mass is 347 g/mol. The molecule has 0 bridgehead atoms. The lowest BCUT2D eigenvalue weighted by Gasteiger charge is -2.35. The van der Waals surface area contributed by atoms with Crippen LogP contribution >= 0.6 is 7.82 Å². The molecule has 23 heavy (non-hydrogen) atoms. The maximum absolute atomic E-state index is 13.2. The fourth-order valence-electron chi connectivity index (χ4n) is 3.31. The number of hydrogen-bond donors (Lipinski definition) is 0. The zero-order chi connectivity index (χ0) is 16.0. The molecule has 0 unspecified atom stereocenters. The lowest BCUT2D eigenvalue weighted by Crippen LogP contribution is -2.36. The number of phosphoric acid groups is 1. The summed E-state index contributed by atoms with van der Waals surface area (Å²) in [5, 5.41) is 5.29. The third-order valence-corrected chi connectivity index (χ3v) is 5.88. The van der Waals surface area contributed by atoms with Crippen molar-refractivity contribution < 1.29 is 18.4 Å². The second-order valence-electron chi connectivity index (χ2n) is 6.66. The second kappa shape index (κ2) is 8.90. The molecule has 3 aliphatic heterocycles. The van der Waals surface area contributed by atoms with E-state index in [0.29, 0.717) is 0 Å². The molecule has 134 valence electrons. The molecule has 3 fully saturated rings. The quantitative estimate of drug-likeness (QED) is 0.683. The number of piperidine rings is 3. The van der Waals surface area contributed by atoms with Gasteiger partial charge in [-0.15, -0.1) is 0 Å². The first-order chi connectivity index (χ1) is 11.2. The van der Waals surface area contributed by atoms with Crippen LogP contribution in [0.3, 0.4) is 0 Å². The summed E-state index contributed by atoms with van der Waals surface area (Å²) in [6, 6.07) is 0. The summed E-state index contributed by atoms with van der Waals surface area (Å²) < 4.78 is 30.5. The van der Waals surface area contributed by atoms with E-state index < -0.39 is 7.82 Å². The number of rotatable bonds is 6. The Bertz CT molecular complexity index is 337. The van der Waals surface area contributed by atoms with Gasteiger partial charge in [0.25, 0.3) is 0 Å². The van der Waals surface area contributed by atoms with E-state index in [-0.39, 0.29) is 0 Å². The Labute approximate surface area is 139 Å². The summed E-state index contributed by atoms with van der Waals surface area (Å²) in [7, 11) is -3.65. The van der Waals surface area contributed by atoms with Crippen LogP contribution in [0.5, 0.6) is 0 Å². The maximum Gasteiger partial charge on any atom is 0.525 e. The molecule has 3 saturated heterocycles. The molecule has 0 spiro atoms. The molecular formula is C15H30N3O4P. The minimum absolute atomic E-state index is 0.788. The Balaban J connectivity index is 1.61. The van der Waals surface area contributed by atoms with Crippen LogP contribution < -0.4 is 0 Å². The molecule has 0 aromatic heterocycles. The van der Waals surface area contributed by atoms with Crippen LogP contribution in [0.15, 0.2) is 0 Å². The molecule has 8 heteroatoms. The predicted octanol–water partition coefficient (Wildman–Crippen LogP) is 3.35. The first kappa shape index (κ1) is 17.8. The highest BCUT2D eigenvalue weighted by Gasteiger charge is 2.38. The van der Waals surface area contributed by atoms with E-state index in [9.17, 15) is 4.57 Å². The van der Waals surface area contributed by atoms with Gasteiger partial charge in [0.2, 0.25) is 0 Å². The zero-order valence-corrected chi connectivity index (χ0v) is 14.9. The van der Waals surface area contributed by atoms with Crippen LogP contribution in [0.4, 0.5) is 0 Å². The Hall–Kier alpha value is -0.0100. The Morgan fingerprint density at radius 1 is 0.478 bits per heavy atom. The average molecular weight is 347 g/mol. The average Bonchev–Trinajstić information content (AvgIpc) is 2.57. The summed E-state index contributed by atoms with van der Waals surface area (Å²) in [5.74, 6) is 0. The van der Waals surface area contributed by atoms with Gasteiger partial charge in [-0.25, -0.2) is 4.57 Å². The SMILES string of the molecule is O=P(ON1CCCCC1)(ON1CCCCC1)ON1CCCCC1. The molecule has 3 aliphatic rings. The number of hydrogen-bond acceptors (Lipinski definition) is 7. The first-order valence-electron chi connectivity index (χ1n) is 9.18. The number of nitrogens with zero attached hydrogens (tertiary/aromatic N) is 3. The van der Waals surface area contributed by atoms with Crippen molar-refractivity contribution in [1.29, 1.82) is 0 Å².